The Labute approximate surface area is 106 Å². The fraction of sp³-hybridized carbons (Fsp3) is 1.00. The van der Waals surface area contributed by atoms with Crippen LogP contribution < -0.4 is 5.32 Å². The highest BCUT2D eigenvalue weighted by Gasteiger charge is 2.26. The van der Waals surface area contributed by atoms with Gasteiger partial charge in [0.25, 0.3) is 0 Å². The number of likely N-dealkylation sites (N-methyl/N-ethyl adjacent to an activating group) is 2. The van der Waals surface area contributed by atoms with Crippen LogP contribution in [0.25, 0.3) is 0 Å². The molecule has 4 heteroatoms. The number of nitrogens with zero attached hydrogens (tertiary/aromatic N) is 3. The van der Waals surface area contributed by atoms with E-state index in [1.165, 1.54) is 52.1 Å². The molecule has 2 aliphatic heterocycles. The van der Waals surface area contributed by atoms with E-state index in [0.717, 1.165) is 12.1 Å². The van der Waals surface area contributed by atoms with Crippen LogP contribution in [0.15, 0.2) is 0 Å². The maximum absolute atomic E-state index is 3.40. The zero-order valence-corrected chi connectivity index (χ0v) is 11.7. The van der Waals surface area contributed by atoms with Gasteiger partial charge in [-0.3, -0.25) is 4.90 Å². The Morgan fingerprint density at radius 3 is 2.41 bits per heavy atom. The first-order valence-corrected chi connectivity index (χ1v) is 6.97. The number of nitrogens with one attached hydrogen (secondary N) is 1. The number of piperazine rings is 1. The fourth-order valence-electron chi connectivity index (χ4n) is 3.00. The molecule has 0 aromatic rings. The smallest absolute Gasteiger partial charge is 0.0347 e. The number of rotatable bonds is 3. The predicted molar refractivity (Wildman–Crippen MR) is 72.4 cm³/mol. The summed E-state index contributed by atoms with van der Waals surface area (Å²) in [6, 6.07) is 1.47. The summed E-state index contributed by atoms with van der Waals surface area (Å²) in [5.74, 6) is 0. The lowest BCUT2D eigenvalue weighted by Crippen LogP contribution is -2.55. The van der Waals surface area contributed by atoms with Gasteiger partial charge in [-0.25, -0.2) is 0 Å². The van der Waals surface area contributed by atoms with E-state index >= 15 is 0 Å². The molecule has 0 aromatic heterocycles. The number of likely N-dealkylation sites (tertiary alicyclic amines) is 1. The second-order valence-electron chi connectivity index (χ2n) is 5.76. The number of hydrogen-bond acceptors (Lipinski definition) is 4. The fourth-order valence-corrected chi connectivity index (χ4v) is 3.00. The summed E-state index contributed by atoms with van der Waals surface area (Å²) in [6.07, 6.45) is 2.62. The number of hydrogen-bond donors (Lipinski definition) is 1. The van der Waals surface area contributed by atoms with Crippen molar-refractivity contribution in [1.29, 1.82) is 0 Å². The van der Waals surface area contributed by atoms with Crippen molar-refractivity contribution in [2.24, 2.45) is 0 Å². The van der Waals surface area contributed by atoms with Crippen molar-refractivity contribution in [2.45, 2.75) is 24.9 Å². The minimum absolute atomic E-state index is 0.722. The molecule has 1 atom stereocenters. The van der Waals surface area contributed by atoms with E-state index in [4.69, 9.17) is 0 Å². The molecule has 2 rings (SSSR count). The first-order valence-electron chi connectivity index (χ1n) is 6.97. The maximum atomic E-state index is 3.40. The molecule has 0 bridgehead atoms. The quantitative estimate of drug-likeness (QED) is 0.744. The molecule has 100 valence electrons. The van der Waals surface area contributed by atoms with Gasteiger partial charge in [0.15, 0.2) is 0 Å². The number of piperidine rings is 1. The lowest BCUT2D eigenvalue weighted by Gasteiger charge is -2.41. The highest BCUT2D eigenvalue weighted by molar-refractivity contribution is 4.84. The second kappa shape index (κ2) is 6.14. The van der Waals surface area contributed by atoms with Gasteiger partial charge in [0.05, 0.1) is 0 Å². The van der Waals surface area contributed by atoms with Gasteiger partial charge in [-0.2, -0.15) is 0 Å². The van der Waals surface area contributed by atoms with Crippen molar-refractivity contribution in [3.8, 4) is 0 Å². The minimum Gasteiger partial charge on any atom is -0.317 e. The zero-order chi connectivity index (χ0) is 12.3. The molecule has 0 spiro atoms. The molecule has 2 fully saturated rings. The largest absolute Gasteiger partial charge is 0.317 e. The molecule has 1 N–H and O–H groups in total. The molecular formula is C13H28N4. The molecule has 0 aromatic carbocycles. The third kappa shape index (κ3) is 3.65. The average molecular weight is 240 g/mol. The van der Waals surface area contributed by atoms with E-state index in [9.17, 15) is 0 Å². The van der Waals surface area contributed by atoms with Gasteiger partial charge in [-0.1, -0.05) is 0 Å². The second-order valence-corrected chi connectivity index (χ2v) is 5.76. The van der Waals surface area contributed by atoms with Crippen LogP contribution in [0.2, 0.25) is 0 Å². The Morgan fingerprint density at radius 1 is 1.06 bits per heavy atom. The summed E-state index contributed by atoms with van der Waals surface area (Å²) in [7, 11) is 6.61. The van der Waals surface area contributed by atoms with Crippen LogP contribution in [0, 0.1) is 0 Å². The Bertz CT molecular complexity index is 225. The summed E-state index contributed by atoms with van der Waals surface area (Å²) >= 11 is 0. The standard InChI is InChI=1S/C13H28N4/c1-14-12-4-6-17(7-5-12)11-13-10-15(2)8-9-16(13)3/h12-14H,4-11H2,1-3H3. The van der Waals surface area contributed by atoms with Gasteiger partial charge < -0.3 is 15.1 Å². The normalized spacial score (nSPS) is 30.9. The van der Waals surface area contributed by atoms with Gasteiger partial charge in [0.2, 0.25) is 0 Å². The van der Waals surface area contributed by atoms with Gasteiger partial charge in [0, 0.05) is 38.3 Å². The Kier molecular flexibility index (Phi) is 4.79. The first-order chi connectivity index (χ1) is 8.19. The van der Waals surface area contributed by atoms with E-state index in [0.29, 0.717) is 0 Å². The summed E-state index contributed by atoms with van der Waals surface area (Å²) in [5, 5.41) is 3.40. The molecular weight excluding hydrogens is 212 g/mol. The van der Waals surface area contributed by atoms with Crippen LogP contribution in [0.5, 0.6) is 0 Å². The highest BCUT2D eigenvalue weighted by atomic mass is 15.3. The molecule has 0 aliphatic carbocycles. The molecule has 2 heterocycles. The van der Waals surface area contributed by atoms with Crippen LogP contribution in [0.3, 0.4) is 0 Å². The van der Waals surface area contributed by atoms with Gasteiger partial charge in [0.1, 0.15) is 0 Å². The van der Waals surface area contributed by atoms with Crippen LogP contribution in [0.4, 0.5) is 0 Å². The van der Waals surface area contributed by atoms with E-state index < -0.39 is 0 Å². The Balaban J connectivity index is 1.76. The van der Waals surface area contributed by atoms with Crippen molar-refractivity contribution < 1.29 is 0 Å². The van der Waals surface area contributed by atoms with Crippen molar-refractivity contribution in [1.82, 2.24) is 20.0 Å². The third-order valence-electron chi connectivity index (χ3n) is 4.44. The molecule has 17 heavy (non-hydrogen) atoms. The average Bonchev–Trinajstić information content (AvgIpc) is 2.35. The van der Waals surface area contributed by atoms with Crippen molar-refractivity contribution >= 4 is 0 Å². The van der Waals surface area contributed by atoms with E-state index in [1.807, 2.05) is 0 Å². The lowest BCUT2D eigenvalue weighted by atomic mass is 10.0. The molecule has 0 radical (unpaired) electrons. The van der Waals surface area contributed by atoms with Gasteiger partial charge in [-0.05, 0) is 47.1 Å². The highest BCUT2D eigenvalue weighted by Crippen LogP contribution is 2.13. The van der Waals surface area contributed by atoms with Crippen molar-refractivity contribution in [3.63, 3.8) is 0 Å². The maximum Gasteiger partial charge on any atom is 0.0347 e. The van der Waals surface area contributed by atoms with Crippen molar-refractivity contribution in [2.75, 3.05) is 60.4 Å². The molecule has 0 saturated carbocycles. The van der Waals surface area contributed by atoms with Gasteiger partial charge in [-0.15, -0.1) is 0 Å². The van der Waals surface area contributed by atoms with Crippen LogP contribution >= 0.6 is 0 Å². The molecule has 0 amide bonds. The van der Waals surface area contributed by atoms with Crippen molar-refractivity contribution in [3.05, 3.63) is 0 Å². The van der Waals surface area contributed by atoms with Gasteiger partial charge >= 0.3 is 0 Å². The molecule has 4 nitrogen and oxygen atoms in total. The molecule has 2 saturated heterocycles. The topological polar surface area (TPSA) is 21.8 Å². The molecule has 2 aliphatic rings. The van der Waals surface area contributed by atoms with Crippen LogP contribution in [-0.2, 0) is 0 Å². The Morgan fingerprint density at radius 2 is 1.76 bits per heavy atom. The zero-order valence-electron chi connectivity index (χ0n) is 11.7. The predicted octanol–water partition coefficient (Wildman–Crippen LogP) is -0.0840. The minimum atomic E-state index is 0.722. The van der Waals surface area contributed by atoms with E-state index in [2.05, 4.69) is 41.2 Å². The monoisotopic (exact) mass is 240 g/mol. The van der Waals surface area contributed by atoms with Crippen LogP contribution in [-0.4, -0.2) is 87.2 Å². The SMILES string of the molecule is CNC1CCN(CC2CN(C)CCN2C)CC1. The van der Waals surface area contributed by atoms with Crippen LogP contribution in [0.1, 0.15) is 12.8 Å². The summed E-state index contributed by atoms with van der Waals surface area (Å²) in [6.45, 7) is 7.43. The summed E-state index contributed by atoms with van der Waals surface area (Å²) in [5.41, 5.74) is 0. The lowest BCUT2D eigenvalue weighted by molar-refractivity contribution is 0.0728. The van der Waals surface area contributed by atoms with E-state index in [-0.39, 0.29) is 0 Å². The first kappa shape index (κ1) is 13.3. The van der Waals surface area contributed by atoms with E-state index in [1.54, 1.807) is 0 Å². The third-order valence-corrected chi connectivity index (χ3v) is 4.44. The molecule has 1 unspecified atom stereocenters. The summed E-state index contributed by atoms with van der Waals surface area (Å²) in [4.78, 5) is 7.64. The Hall–Kier alpha value is -0.160. The summed E-state index contributed by atoms with van der Waals surface area (Å²) < 4.78 is 0.